The minimum Gasteiger partial charge on any atom is -0.497 e. The van der Waals surface area contributed by atoms with E-state index in [0.29, 0.717) is 74.7 Å². The Morgan fingerprint density at radius 2 is 0.629 bits per heavy atom. The first-order chi connectivity index (χ1) is 64.2. The minimum absolute atomic E-state index is 0.0111. The predicted octanol–water partition coefficient (Wildman–Crippen LogP) is 13.3. The first-order valence-electron chi connectivity index (χ1n) is 49.1. The van der Waals surface area contributed by atoms with E-state index in [4.69, 9.17) is 39.5 Å². The van der Waals surface area contributed by atoms with Gasteiger partial charge in [-0.3, -0.25) is 10.1 Å². The molecule has 5 N–H and O–H groups in total. The van der Waals surface area contributed by atoms with Crippen molar-refractivity contribution in [2.45, 2.75) is 140 Å². The van der Waals surface area contributed by atoms with Gasteiger partial charge >= 0.3 is 30.2 Å². The van der Waals surface area contributed by atoms with Gasteiger partial charge in [0.2, 0.25) is 10.0 Å². The molecule has 10 fully saturated rings. The van der Waals surface area contributed by atoms with Gasteiger partial charge in [0.1, 0.15) is 5.75 Å². The van der Waals surface area contributed by atoms with Crippen LogP contribution in [-0.2, 0) is 10.0 Å². The van der Waals surface area contributed by atoms with Gasteiger partial charge in [-0.1, -0.05) is 103 Å². The van der Waals surface area contributed by atoms with Crippen LogP contribution in [0.5, 0.6) is 5.75 Å². The van der Waals surface area contributed by atoms with Gasteiger partial charge in [0.05, 0.1) is 43.4 Å². The number of methoxy groups -OCH3 is 1. The number of carbonyl (C=O) groups is 5. The molecule has 0 radical (unpaired) electrons. The third-order valence-electron chi connectivity index (χ3n) is 26.6. The summed E-state index contributed by atoms with van der Waals surface area (Å²) in [5.74, 6) is 0.616. The first kappa shape index (κ1) is 104. The monoisotopic (exact) mass is 1910 g/mol. The molecule has 10 aliphatic rings. The Morgan fingerprint density at radius 3 is 0.939 bits per heavy atom. The summed E-state index contributed by atoms with van der Waals surface area (Å²) in [6, 6.07) is 35.2. The van der Waals surface area contributed by atoms with Crippen LogP contribution in [0.25, 0.3) is 0 Å². The Labute approximate surface area is 800 Å². The van der Waals surface area contributed by atoms with Crippen molar-refractivity contribution in [3.05, 3.63) is 146 Å². The first-order valence-corrected chi connectivity index (χ1v) is 51.7. The number of rotatable bonds is 28. The number of benzene rings is 5. The van der Waals surface area contributed by atoms with Crippen LogP contribution in [0, 0.1) is 17.0 Å². The Bertz CT molecular complexity index is 4320. The number of anilines is 4. The van der Waals surface area contributed by atoms with Gasteiger partial charge in [0.15, 0.2) is 0 Å². The molecule has 35 heteroatoms. The van der Waals surface area contributed by atoms with Crippen molar-refractivity contribution in [1.82, 2.24) is 79.9 Å². The number of nitro groups is 1. The second-order valence-electron chi connectivity index (χ2n) is 36.0. The summed E-state index contributed by atoms with van der Waals surface area (Å²) in [7, 11) is -2.01. The number of ether oxygens (including phenoxy) is 1. The molecule has 10 aliphatic heterocycles. The lowest BCUT2D eigenvalue weighted by atomic mass is 10.1. The van der Waals surface area contributed by atoms with Crippen molar-refractivity contribution < 1.29 is 42.1 Å². The van der Waals surface area contributed by atoms with Crippen LogP contribution in [-0.4, -0.2) is 366 Å². The number of para-hydroxylation sites is 2. The highest BCUT2D eigenvalue weighted by atomic mass is 35.5. The van der Waals surface area contributed by atoms with Gasteiger partial charge in [-0.05, 0) is 274 Å². The fourth-order valence-corrected chi connectivity index (χ4v) is 21.0. The van der Waals surface area contributed by atoms with Crippen LogP contribution in [0.15, 0.2) is 120 Å². The normalized spacial score (nSPS) is 18.9. The number of carbonyl (C=O) groups excluding carboxylic acids is 5. The van der Waals surface area contributed by atoms with Crippen LogP contribution in [0.4, 0.5) is 52.4 Å². The van der Waals surface area contributed by atoms with Gasteiger partial charge in [0.25, 0.3) is 5.69 Å². The van der Waals surface area contributed by atoms with Gasteiger partial charge < -0.3 is 99.9 Å². The summed E-state index contributed by atoms with van der Waals surface area (Å²) in [6.07, 6.45) is 24.9. The molecule has 31 nitrogen and oxygen atoms in total. The summed E-state index contributed by atoms with van der Waals surface area (Å²) < 4.78 is 32.1. The fourth-order valence-electron chi connectivity index (χ4n) is 18.7. The minimum atomic E-state index is -3.56. The molecular formula is C97H150Cl3N21O10S. The number of nitrogens with one attached hydrogen (secondary N) is 5. The van der Waals surface area contributed by atoms with E-state index in [2.05, 4.69) is 102 Å². The van der Waals surface area contributed by atoms with E-state index in [1.54, 1.807) is 48.4 Å². The van der Waals surface area contributed by atoms with Crippen LogP contribution in [0.3, 0.4) is 0 Å². The van der Waals surface area contributed by atoms with Crippen molar-refractivity contribution in [2.24, 2.45) is 0 Å². The zero-order valence-corrected chi connectivity index (χ0v) is 81.8. The number of amides is 10. The lowest BCUT2D eigenvalue weighted by molar-refractivity contribution is -0.384. The number of sulfonamides is 1. The van der Waals surface area contributed by atoms with Crippen molar-refractivity contribution >= 4 is 103 Å². The molecule has 5 aromatic rings. The van der Waals surface area contributed by atoms with Gasteiger partial charge in [-0.2, -0.15) is 4.31 Å². The Kier molecular flexibility index (Phi) is 44.6. The Hall–Kier alpha value is -8.57. The number of likely N-dealkylation sites (tertiary alicyclic amines) is 5. The van der Waals surface area contributed by atoms with Crippen molar-refractivity contribution in [3.8, 4) is 5.75 Å². The molecular weight excluding hydrogens is 1760 g/mol. The van der Waals surface area contributed by atoms with E-state index in [1.165, 1.54) is 189 Å². The number of nitrogens with zero attached hydrogens (tertiary/aromatic N) is 16. The molecule has 0 unspecified atom stereocenters. The molecule has 10 amide bonds. The molecule has 0 atom stereocenters. The van der Waals surface area contributed by atoms with Crippen LogP contribution < -0.4 is 50.9 Å². The maximum absolute atomic E-state index is 12.8. The lowest BCUT2D eigenvalue weighted by Gasteiger charge is -2.36. The Balaban J connectivity index is 0.000000159. The second kappa shape index (κ2) is 56.7. The molecule has 730 valence electrons. The molecule has 15 rings (SSSR count). The number of non-ortho nitro benzene ring substituents is 1. The maximum Gasteiger partial charge on any atom is 0.317 e. The molecule has 0 spiro atoms. The van der Waals surface area contributed by atoms with Crippen molar-refractivity contribution in [1.29, 1.82) is 0 Å². The lowest BCUT2D eigenvalue weighted by Crippen LogP contribution is -2.53. The van der Waals surface area contributed by atoms with Gasteiger partial charge in [-0.15, -0.1) is 0 Å². The molecule has 10 saturated heterocycles. The SMILES string of the molecule is COc1ccc(S(=O)(=O)N2CCN(C(=O)NCCCN3CCCCC3)CC2)cc1.Cc1ccc(N2CCN(C(=O)NCCCN3CCCCC3)CC2)cc1.O=C(NCCCN1CCCCC1)N1CCN(c2c(Cl)cccc2Cl)CC1.O=C(NCCCN1CCCCC1)N1CCN(c2ccc([N+](=O)[O-])cc2)CC1.O=C(NCCCN1CCCCC1)N1CCN(c2ccccc2Cl)CC1. The van der Waals surface area contributed by atoms with Crippen molar-refractivity contribution in [2.75, 3.05) is 288 Å². The summed E-state index contributed by atoms with van der Waals surface area (Å²) in [5.41, 5.74) is 5.53. The molecule has 0 aliphatic carbocycles. The number of piperidine rings is 5. The smallest absolute Gasteiger partial charge is 0.317 e. The average Bonchev–Trinajstić information content (AvgIpc) is 0.799. The number of hydrogen-bond acceptors (Lipinski definition) is 19. The summed E-state index contributed by atoms with van der Waals surface area (Å²) in [4.78, 5) is 103. The van der Waals surface area contributed by atoms with E-state index in [1.807, 2.05) is 62.1 Å². The van der Waals surface area contributed by atoms with E-state index in [9.17, 15) is 42.5 Å². The molecule has 0 saturated carbocycles. The molecule has 0 bridgehead atoms. The van der Waals surface area contributed by atoms with Crippen LogP contribution in [0.1, 0.15) is 134 Å². The highest BCUT2D eigenvalue weighted by Crippen LogP contribution is 2.35. The van der Waals surface area contributed by atoms with Gasteiger partial charge in [-0.25, -0.2) is 32.4 Å². The van der Waals surface area contributed by atoms with E-state index in [-0.39, 0.29) is 40.7 Å². The highest BCUT2D eigenvalue weighted by Gasteiger charge is 2.32. The molecule has 132 heavy (non-hydrogen) atoms. The zero-order valence-electron chi connectivity index (χ0n) is 78.7. The molecule has 0 aromatic heterocycles. The number of urea groups is 5. The topological polar surface area (TPSA) is 281 Å². The highest BCUT2D eigenvalue weighted by molar-refractivity contribution is 7.89. The second-order valence-corrected chi connectivity index (χ2v) is 39.2. The number of piperazine rings is 5. The van der Waals surface area contributed by atoms with Crippen LogP contribution in [0.2, 0.25) is 15.1 Å². The molecule has 10 heterocycles. The maximum atomic E-state index is 12.8. The zero-order chi connectivity index (χ0) is 93.1. The third kappa shape index (κ3) is 34.7. The largest absolute Gasteiger partial charge is 0.497 e. The van der Waals surface area contributed by atoms with Gasteiger partial charge in [0, 0.05) is 187 Å². The van der Waals surface area contributed by atoms with E-state index in [0.717, 1.165) is 192 Å². The number of aryl methyl sites for hydroxylation is 1. The standard InChI is InChI=1S/C20H32N4O4S.C20H32N4O.C19H28Cl2N4O.C19H29ClN4O.C19H29N5O3/c1-28-18-6-8-19(9-7-18)29(26,27)24-16-14-23(15-17-24)20(25)21-10-5-13-22-11-3-2-4-12-22;1-18-6-8-19(9-7-18)23-14-16-24(17-15-23)20(25)21-10-5-13-22-11-3-2-4-12-22;20-16-6-4-7-17(21)18(16)24-12-14-25(15-13-24)19(26)22-8-5-11-23-9-2-1-3-10-23;20-17-7-2-3-8-18(17)23-13-15-24(16-14-23)19(25)21-9-6-12-22-10-4-1-5-11-22;25-19(20-9-4-12-21-10-2-1-3-11-21)23-15-13-22(14-16-23)17-5-7-18(8-6-17)24(26)27/h6-9H,2-5,10-17H2,1H3,(H,21,25);6-9H,2-5,10-17H2,1H3,(H,21,25);4,6-7H,1-3,5,8-15H2,(H,22,26);2-3,7-8H,1,4-6,9-16H2,(H,21,25);5-8H,1-4,9-16H2,(H,20,25). The van der Waals surface area contributed by atoms with E-state index < -0.39 is 14.9 Å². The molecule has 5 aromatic carbocycles. The predicted molar refractivity (Wildman–Crippen MR) is 532 cm³/mol. The summed E-state index contributed by atoms with van der Waals surface area (Å²) in [6.45, 7) is 36.8. The van der Waals surface area contributed by atoms with Crippen molar-refractivity contribution in [3.63, 3.8) is 0 Å². The third-order valence-corrected chi connectivity index (χ3v) is 29.5. The van der Waals surface area contributed by atoms with Crippen LogP contribution >= 0.6 is 34.8 Å². The number of nitro benzene ring substituents is 1. The number of halogens is 3. The van der Waals surface area contributed by atoms with E-state index >= 15 is 0 Å². The summed E-state index contributed by atoms with van der Waals surface area (Å²) >= 11 is 18.8. The fraction of sp³-hybridized carbons (Fsp3) is 0.639. The Morgan fingerprint density at radius 1 is 0.341 bits per heavy atom. The number of hydrogen-bond donors (Lipinski definition) is 5. The quantitative estimate of drug-likeness (QED) is 0.0177. The average molecular weight is 1910 g/mol. The summed E-state index contributed by atoms with van der Waals surface area (Å²) in [5, 5.41) is 28.1.